The monoisotopic (exact) mass is 1380 g/mol. The van der Waals surface area contributed by atoms with Gasteiger partial charge >= 0.3 is 33.6 Å². The number of aliphatic hydroxyl groups is 2. The van der Waals surface area contributed by atoms with Gasteiger partial charge in [0.05, 0.1) is 26.4 Å². The van der Waals surface area contributed by atoms with Gasteiger partial charge in [0.2, 0.25) is 0 Å². The summed E-state index contributed by atoms with van der Waals surface area (Å²) in [7, 11) is -9.78. The second-order valence-corrected chi connectivity index (χ2v) is 28.0. The van der Waals surface area contributed by atoms with Gasteiger partial charge in [0.1, 0.15) is 25.4 Å². The molecule has 0 aliphatic carbocycles. The van der Waals surface area contributed by atoms with Crippen LogP contribution in [0.4, 0.5) is 0 Å². The van der Waals surface area contributed by atoms with Crippen molar-refractivity contribution in [1.29, 1.82) is 0 Å². The summed E-state index contributed by atoms with van der Waals surface area (Å²) in [5, 5.41) is 20.6. The number of rotatable bonds is 71. The molecule has 0 aliphatic rings. The van der Waals surface area contributed by atoms with Crippen molar-refractivity contribution in [2.24, 2.45) is 0 Å². The van der Waals surface area contributed by atoms with Crippen molar-refractivity contribution >= 4 is 33.6 Å². The van der Waals surface area contributed by atoms with Gasteiger partial charge in [-0.2, -0.15) is 0 Å². The predicted molar refractivity (Wildman–Crippen MR) is 390 cm³/mol. The van der Waals surface area contributed by atoms with Crippen LogP contribution in [-0.4, -0.2) is 95.9 Å². The van der Waals surface area contributed by atoms with Crippen molar-refractivity contribution in [2.75, 3.05) is 39.6 Å². The molecule has 4 N–H and O–H groups in total. The van der Waals surface area contributed by atoms with E-state index in [0.29, 0.717) is 19.3 Å². The van der Waals surface area contributed by atoms with Gasteiger partial charge in [-0.25, -0.2) is 9.13 Å². The fraction of sp³-hybridized carbons (Fsp3) is 0.753. The Bertz CT molecular complexity index is 2120. The number of allylic oxidation sites excluding steroid dienone is 16. The van der Waals surface area contributed by atoms with Gasteiger partial charge in [-0.1, -0.05) is 279 Å². The lowest BCUT2D eigenvalue weighted by molar-refractivity contribution is -0.161. The molecule has 18 heteroatoms. The van der Waals surface area contributed by atoms with Crippen LogP contribution >= 0.6 is 15.6 Å². The van der Waals surface area contributed by atoms with Crippen LogP contribution in [0.2, 0.25) is 0 Å². The number of esters is 3. The van der Waals surface area contributed by atoms with Crippen LogP contribution in [0.1, 0.15) is 316 Å². The van der Waals surface area contributed by atoms with Gasteiger partial charge in [-0.15, -0.1) is 0 Å². The van der Waals surface area contributed by atoms with Crippen LogP contribution in [-0.2, 0) is 55.8 Å². The summed E-state index contributed by atoms with van der Waals surface area (Å²) in [5.74, 6) is -1.60. The van der Waals surface area contributed by atoms with E-state index >= 15 is 0 Å². The van der Waals surface area contributed by atoms with Crippen LogP contribution in [0.15, 0.2) is 97.2 Å². The minimum Gasteiger partial charge on any atom is -0.463 e. The molecule has 550 valence electrons. The third-order valence-corrected chi connectivity index (χ3v) is 17.6. The lowest BCUT2D eigenvalue weighted by atomic mass is 10.0. The van der Waals surface area contributed by atoms with E-state index in [4.69, 9.17) is 32.3 Å². The third kappa shape index (κ3) is 71.6. The zero-order chi connectivity index (χ0) is 69.5. The zero-order valence-corrected chi connectivity index (χ0v) is 61.6. The van der Waals surface area contributed by atoms with Crippen molar-refractivity contribution in [3.05, 3.63) is 97.2 Å². The fourth-order valence-electron chi connectivity index (χ4n) is 9.98. The first-order valence-electron chi connectivity index (χ1n) is 37.5. The molecule has 0 fully saturated rings. The molecule has 0 spiro atoms. The summed E-state index contributed by atoms with van der Waals surface area (Å²) in [4.78, 5) is 58.3. The van der Waals surface area contributed by atoms with Gasteiger partial charge in [-0.3, -0.25) is 32.5 Å². The Labute approximate surface area is 578 Å². The van der Waals surface area contributed by atoms with Crippen LogP contribution in [0.3, 0.4) is 0 Å². The molecule has 0 rings (SSSR count). The Morgan fingerprint density at radius 2 is 0.547 bits per heavy atom. The SMILES string of the molecule is CCC/C=C\C/C=C\CCCCCCCC(=O)OCC(COP(=O)(O)OCC(O)COP(=O)(O)OCC(O)COC(=O)CCCCCCCCCCCCCCCCCCC/C=C\C/C=C\C/C=C\C/C=C\CCCCC)OC(=O)CCCCCCC/C=C\C/C=C\CCC. The molecule has 5 unspecified atom stereocenters. The highest BCUT2D eigenvalue weighted by Crippen LogP contribution is 2.45. The highest BCUT2D eigenvalue weighted by molar-refractivity contribution is 7.47. The molecule has 0 radical (unpaired) electrons. The first-order valence-corrected chi connectivity index (χ1v) is 40.5. The summed E-state index contributed by atoms with van der Waals surface area (Å²) in [6, 6.07) is 0. The van der Waals surface area contributed by atoms with Gasteiger partial charge in [0.25, 0.3) is 0 Å². The van der Waals surface area contributed by atoms with E-state index in [2.05, 4.69) is 118 Å². The lowest BCUT2D eigenvalue weighted by Crippen LogP contribution is -2.30. The van der Waals surface area contributed by atoms with Crippen molar-refractivity contribution < 1.29 is 75.8 Å². The molecule has 16 nitrogen and oxygen atoms in total. The normalized spacial score (nSPS) is 14.6. The van der Waals surface area contributed by atoms with Crippen molar-refractivity contribution in [3.63, 3.8) is 0 Å². The summed E-state index contributed by atoms with van der Waals surface area (Å²) in [5.41, 5.74) is 0. The largest absolute Gasteiger partial charge is 0.472 e. The minimum atomic E-state index is -4.93. The van der Waals surface area contributed by atoms with Crippen LogP contribution in [0, 0.1) is 0 Å². The predicted octanol–water partition coefficient (Wildman–Crippen LogP) is 21.4. The Morgan fingerprint density at radius 3 is 0.874 bits per heavy atom. The van der Waals surface area contributed by atoms with Crippen molar-refractivity contribution in [1.82, 2.24) is 0 Å². The summed E-state index contributed by atoms with van der Waals surface area (Å²) >= 11 is 0. The number of hydrogen-bond donors (Lipinski definition) is 4. The molecule has 0 aromatic rings. The van der Waals surface area contributed by atoms with Gasteiger partial charge in [-0.05, 0) is 116 Å². The molecule has 5 atom stereocenters. The molecule has 0 aliphatic heterocycles. The Kier molecular flexibility index (Phi) is 67.7. The summed E-state index contributed by atoms with van der Waals surface area (Å²) in [6.07, 6.45) is 79.2. The maximum atomic E-state index is 12.9. The second kappa shape index (κ2) is 70.3. The topological polar surface area (TPSA) is 231 Å². The van der Waals surface area contributed by atoms with E-state index in [1.807, 2.05) is 0 Å². The zero-order valence-electron chi connectivity index (χ0n) is 59.8. The standard InChI is InChI=1S/C77H136O16P2/c1-4-7-10-13-16-19-22-25-26-27-28-29-30-31-32-33-34-35-36-37-38-39-40-41-42-43-44-47-49-51-54-57-60-63-75(80)87-66-72(78)67-89-94(83,84)90-68-73(79)69-91-95(85,86)92-71-74(93-77(82)65-62-59-56-53-50-46-24-21-18-15-12-9-6-3)70-88-76(81)64-61-58-55-52-48-45-23-20-17-14-11-8-5-2/h11-12,14-16,19-21,23-26,28-29,31-32,72-74,78-79H,4-10,13,17-18,22,27,30,33-71H2,1-3H3,(H,83,84)(H,85,86)/b14-11-,15-12-,19-16-,23-20-,24-21-,26-25-,29-28-,32-31-. The lowest BCUT2D eigenvalue weighted by Gasteiger charge is -2.21. The smallest absolute Gasteiger partial charge is 0.463 e. The molecule has 0 aromatic carbocycles. The molecule has 0 amide bonds. The maximum Gasteiger partial charge on any atom is 0.472 e. The number of carbonyl (C=O) groups is 3. The molecular weight excluding hydrogens is 1240 g/mol. The number of phosphoric ester groups is 2. The first kappa shape index (κ1) is 91.5. The molecule has 95 heavy (non-hydrogen) atoms. The van der Waals surface area contributed by atoms with Gasteiger partial charge in [0.15, 0.2) is 6.10 Å². The number of aliphatic hydroxyl groups excluding tert-OH is 2. The molecule has 0 heterocycles. The number of unbranched alkanes of at least 4 members (excludes halogenated alkanes) is 32. The minimum absolute atomic E-state index is 0.0856. The molecular formula is C77H136O16P2. The second-order valence-electron chi connectivity index (χ2n) is 25.1. The fourth-order valence-corrected chi connectivity index (χ4v) is 11.6. The Balaban J connectivity index is 4.33. The number of carbonyl (C=O) groups excluding carboxylic acids is 3. The molecule has 0 saturated carbocycles. The van der Waals surface area contributed by atoms with Crippen LogP contribution in [0.25, 0.3) is 0 Å². The number of ether oxygens (including phenoxy) is 3. The van der Waals surface area contributed by atoms with Gasteiger partial charge < -0.3 is 34.2 Å². The van der Waals surface area contributed by atoms with E-state index in [-0.39, 0.29) is 19.3 Å². The maximum absolute atomic E-state index is 12.9. The number of hydrogen-bond acceptors (Lipinski definition) is 14. The van der Waals surface area contributed by atoms with Crippen LogP contribution < -0.4 is 0 Å². The highest BCUT2D eigenvalue weighted by Gasteiger charge is 2.29. The molecule has 0 bridgehead atoms. The average molecular weight is 1380 g/mol. The first-order chi connectivity index (χ1) is 46.2. The summed E-state index contributed by atoms with van der Waals surface area (Å²) in [6.45, 7) is 2.49. The molecule has 0 saturated heterocycles. The van der Waals surface area contributed by atoms with E-state index < -0.39 is 91.5 Å². The van der Waals surface area contributed by atoms with Crippen LogP contribution in [0.5, 0.6) is 0 Å². The third-order valence-electron chi connectivity index (χ3n) is 15.7. The van der Waals surface area contributed by atoms with E-state index in [9.17, 15) is 43.5 Å². The van der Waals surface area contributed by atoms with Gasteiger partial charge in [0, 0.05) is 19.3 Å². The van der Waals surface area contributed by atoms with Crippen molar-refractivity contribution in [3.8, 4) is 0 Å². The average Bonchev–Trinajstić information content (AvgIpc) is 2.21. The summed E-state index contributed by atoms with van der Waals surface area (Å²) < 4.78 is 60.9. The van der Waals surface area contributed by atoms with Crippen molar-refractivity contribution in [2.45, 2.75) is 334 Å². The highest BCUT2D eigenvalue weighted by atomic mass is 31.2. The van der Waals surface area contributed by atoms with E-state index in [0.717, 1.165) is 141 Å². The Hall–Kier alpha value is -3.53. The Morgan fingerprint density at radius 1 is 0.295 bits per heavy atom. The quantitative estimate of drug-likeness (QED) is 0.0146. The number of phosphoric acid groups is 2. The van der Waals surface area contributed by atoms with E-state index in [1.165, 1.54) is 116 Å². The molecule has 0 aromatic heterocycles. The van der Waals surface area contributed by atoms with E-state index in [1.54, 1.807) is 0 Å².